The first kappa shape index (κ1) is 20.9. The number of nitrogens with zero attached hydrogens (tertiary/aromatic N) is 2. The molecule has 1 aliphatic carbocycles. The molecule has 4 amide bonds. The minimum absolute atomic E-state index is 0.0449. The van der Waals surface area contributed by atoms with Crippen LogP contribution in [-0.4, -0.2) is 57.3 Å². The van der Waals surface area contributed by atoms with Gasteiger partial charge in [0.05, 0.1) is 22.5 Å². The summed E-state index contributed by atoms with van der Waals surface area (Å²) in [5.74, 6) is 9.56. The molecule has 0 saturated carbocycles. The Morgan fingerprint density at radius 1 is 0.767 bits per heavy atom. The van der Waals surface area contributed by atoms with Crippen LogP contribution in [0.15, 0.2) is 36.4 Å². The van der Waals surface area contributed by atoms with Gasteiger partial charge in [-0.1, -0.05) is 24.3 Å². The number of amides is 4. The number of fused-ring (bicyclic) bond motifs is 2. The van der Waals surface area contributed by atoms with Crippen LogP contribution in [0.2, 0.25) is 0 Å². The monoisotopic (exact) mass is 414 g/mol. The van der Waals surface area contributed by atoms with E-state index in [1.54, 1.807) is 12.1 Å². The number of benzene rings is 2. The number of hydrazine groups is 2. The molecule has 0 bridgehead atoms. The average molecular weight is 414 g/mol. The lowest BCUT2D eigenvalue weighted by atomic mass is 9.82. The van der Waals surface area contributed by atoms with E-state index in [1.165, 1.54) is 24.3 Å². The van der Waals surface area contributed by atoms with Crippen LogP contribution in [0.25, 0.3) is 0 Å². The van der Waals surface area contributed by atoms with Gasteiger partial charge in [-0.05, 0) is 12.1 Å². The van der Waals surface area contributed by atoms with Crippen molar-refractivity contribution in [2.45, 2.75) is 0 Å². The third-order valence-electron chi connectivity index (χ3n) is 4.39. The van der Waals surface area contributed by atoms with E-state index in [0.717, 1.165) is 0 Å². The lowest BCUT2D eigenvalue weighted by Crippen LogP contribution is -2.42. The molecule has 12 nitrogen and oxygen atoms in total. The number of hydrogen-bond acceptors (Lipinski definition) is 8. The maximum atomic E-state index is 13.1. The van der Waals surface area contributed by atoms with E-state index in [9.17, 15) is 19.2 Å². The van der Waals surface area contributed by atoms with Gasteiger partial charge in [0.25, 0.3) is 0 Å². The minimum Gasteiger partial charge on any atom is -0.375 e. The van der Waals surface area contributed by atoms with Crippen LogP contribution in [0.5, 0.6) is 0 Å². The van der Waals surface area contributed by atoms with Crippen LogP contribution in [0.3, 0.4) is 0 Å². The van der Waals surface area contributed by atoms with E-state index >= 15 is 0 Å². The lowest BCUT2D eigenvalue weighted by Gasteiger charge is -2.24. The third-order valence-corrected chi connectivity index (χ3v) is 4.39. The molecular formula is C18H18N6O6. The molecule has 0 fully saturated rings. The number of urea groups is 2. The van der Waals surface area contributed by atoms with E-state index in [1.807, 2.05) is 0 Å². The minimum atomic E-state index is -0.927. The molecule has 3 rings (SSSR count). The molecule has 0 atom stereocenters. The Kier molecular flexibility index (Phi) is 5.75. The predicted molar refractivity (Wildman–Crippen MR) is 104 cm³/mol. The van der Waals surface area contributed by atoms with E-state index in [0.29, 0.717) is 10.0 Å². The number of aliphatic hydroxyl groups excluding tert-OH is 2. The molecule has 2 aromatic carbocycles. The molecule has 0 spiro atoms. The van der Waals surface area contributed by atoms with Crippen molar-refractivity contribution in [3.05, 3.63) is 58.7 Å². The van der Waals surface area contributed by atoms with E-state index in [2.05, 4.69) is 10.6 Å². The highest BCUT2D eigenvalue weighted by molar-refractivity contribution is 6.32. The fraction of sp³-hybridized carbons (Fsp3) is 0.111. The molecule has 8 N–H and O–H groups in total. The van der Waals surface area contributed by atoms with Gasteiger partial charge in [0.1, 0.15) is 13.5 Å². The molecule has 0 heterocycles. The zero-order chi connectivity index (χ0) is 22.0. The van der Waals surface area contributed by atoms with Crippen molar-refractivity contribution >= 4 is 35.0 Å². The smallest absolute Gasteiger partial charge is 0.338 e. The molecule has 12 heteroatoms. The molecule has 0 aliphatic heterocycles. The highest BCUT2D eigenvalue weighted by Crippen LogP contribution is 2.36. The zero-order valence-electron chi connectivity index (χ0n) is 15.5. The summed E-state index contributed by atoms with van der Waals surface area (Å²) in [5, 5.41) is 23.6. The Balaban J connectivity index is 2.15. The maximum absolute atomic E-state index is 13.1. The summed E-state index contributed by atoms with van der Waals surface area (Å²) in [4.78, 5) is 50.4. The van der Waals surface area contributed by atoms with Crippen LogP contribution >= 0.6 is 0 Å². The van der Waals surface area contributed by atoms with Crippen molar-refractivity contribution in [3.8, 4) is 0 Å². The zero-order valence-corrected chi connectivity index (χ0v) is 15.5. The summed E-state index contributed by atoms with van der Waals surface area (Å²) >= 11 is 0. The molecule has 30 heavy (non-hydrogen) atoms. The van der Waals surface area contributed by atoms with Crippen molar-refractivity contribution in [2.24, 2.45) is 11.7 Å². The molecule has 156 valence electrons. The molecular weight excluding hydrogens is 396 g/mol. The molecule has 0 aromatic heterocycles. The SMILES string of the molecule is NN(CO)C(=O)Nc1ccc(NC(=O)N(N)CO)c2c1C(=O)c1ccccc1C2=O. The fourth-order valence-electron chi connectivity index (χ4n) is 2.93. The number of nitrogens with one attached hydrogen (secondary N) is 2. The number of carbonyl (C=O) groups is 4. The van der Waals surface area contributed by atoms with Gasteiger partial charge in [-0.2, -0.15) is 0 Å². The van der Waals surface area contributed by atoms with Gasteiger partial charge in [-0.25, -0.2) is 31.3 Å². The van der Waals surface area contributed by atoms with E-state index in [4.69, 9.17) is 21.9 Å². The Morgan fingerprint density at radius 3 is 1.47 bits per heavy atom. The van der Waals surface area contributed by atoms with Gasteiger partial charge < -0.3 is 20.8 Å². The number of anilines is 2. The summed E-state index contributed by atoms with van der Waals surface area (Å²) in [6.07, 6.45) is 0. The number of rotatable bonds is 4. The van der Waals surface area contributed by atoms with Crippen molar-refractivity contribution in [2.75, 3.05) is 24.1 Å². The standard InChI is InChI=1S/C18H18N6O6/c19-23(7-25)17(29)21-11-5-6-12(22-18(30)24(20)8-26)14-13(11)15(27)9-3-1-2-4-10(9)16(14)28/h1-6,25-26H,7-8,19-20H2,(H,21,29)(H,22,30). The maximum Gasteiger partial charge on any atom is 0.338 e. The summed E-state index contributed by atoms with van der Waals surface area (Å²) in [7, 11) is 0. The number of hydrogen-bond donors (Lipinski definition) is 6. The average Bonchev–Trinajstić information content (AvgIpc) is 2.76. The Hall–Kier alpha value is -3.84. The Bertz CT molecular complexity index is 973. The molecule has 0 unspecified atom stereocenters. The van der Waals surface area contributed by atoms with E-state index < -0.39 is 37.1 Å². The number of nitrogens with two attached hydrogens (primary N) is 2. The molecule has 0 radical (unpaired) electrons. The van der Waals surface area contributed by atoms with Crippen molar-refractivity contribution in [1.82, 2.24) is 10.0 Å². The highest BCUT2D eigenvalue weighted by atomic mass is 16.3. The largest absolute Gasteiger partial charge is 0.375 e. The summed E-state index contributed by atoms with van der Waals surface area (Å²) in [6.45, 7) is -1.57. The van der Waals surface area contributed by atoms with Gasteiger partial charge in [-0.3, -0.25) is 9.59 Å². The van der Waals surface area contributed by atoms with Crippen LogP contribution in [0.4, 0.5) is 21.0 Å². The lowest BCUT2D eigenvalue weighted by molar-refractivity contribution is 0.0980. The second-order valence-corrected chi connectivity index (χ2v) is 6.20. The van der Waals surface area contributed by atoms with Gasteiger partial charge in [0.15, 0.2) is 11.6 Å². The topological polar surface area (TPSA) is 191 Å². The quantitative estimate of drug-likeness (QED) is 0.146. The Labute approximate surface area is 169 Å². The second kappa shape index (κ2) is 8.26. The van der Waals surface area contributed by atoms with Gasteiger partial charge >= 0.3 is 12.1 Å². The first-order valence-corrected chi connectivity index (χ1v) is 8.53. The van der Waals surface area contributed by atoms with E-state index in [-0.39, 0.29) is 33.6 Å². The predicted octanol–water partition coefficient (Wildman–Crippen LogP) is -0.223. The summed E-state index contributed by atoms with van der Waals surface area (Å²) in [6, 6.07) is 6.82. The van der Waals surface area contributed by atoms with Crippen molar-refractivity contribution in [3.63, 3.8) is 0 Å². The van der Waals surface area contributed by atoms with Crippen molar-refractivity contribution < 1.29 is 29.4 Å². The second-order valence-electron chi connectivity index (χ2n) is 6.20. The molecule has 2 aromatic rings. The van der Waals surface area contributed by atoms with Crippen LogP contribution < -0.4 is 22.3 Å². The van der Waals surface area contributed by atoms with Gasteiger partial charge in [0.2, 0.25) is 0 Å². The summed E-state index contributed by atoms with van der Waals surface area (Å²) in [5.41, 5.74) is -0.173. The first-order chi connectivity index (χ1) is 14.3. The molecule has 1 aliphatic rings. The summed E-state index contributed by atoms with van der Waals surface area (Å²) < 4.78 is 0. The molecule has 0 saturated heterocycles. The highest BCUT2D eigenvalue weighted by Gasteiger charge is 2.35. The normalized spacial score (nSPS) is 12.0. The Morgan fingerprint density at radius 2 is 1.13 bits per heavy atom. The van der Waals surface area contributed by atoms with Gasteiger partial charge in [0, 0.05) is 11.1 Å². The number of aliphatic hydroxyl groups is 2. The fourth-order valence-corrected chi connectivity index (χ4v) is 2.93. The number of ketones is 2. The van der Waals surface area contributed by atoms with Crippen molar-refractivity contribution in [1.29, 1.82) is 0 Å². The van der Waals surface area contributed by atoms with Crippen LogP contribution in [0.1, 0.15) is 31.8 Å². The van der Waals surface area contributed by atoms with Gasteiger partial charge in [-0.15, -0.1) is 0 Å². The number of carbonyl (C=O) groups excluding carboxylic acids is 4. The third kappa shape index (κ3) is 3.58. The van der Waals surface area contributed by atoms with Crippen LogP contribution in [0, 0.1) is 0 Å². The van der Waals surface area contributed by atoms with Crippen LogP contribution in [-0.2, 0) is 0 Å². The first-order valence-electron chi connectivity index (χ1n) is 8.53.